The van der Waals surface area contributed by atoms with E-state index in [0.717, 1.165) is 6.20 Å². The van der Waals surface area contributed by atoms with E-state index in [9.17, 15) is 18.0 Å². The molecule has 108 valence electrons. The number of sulfone groups is 1. The third kappa shape index (κ3) is 3.13. The number of hydrogen-bond acceptors (Lipinski definition) is 5. The summed E-state index contributed by atoms with van der Waals surface area (Å²) in [6.45, 7) is 0. The molecule has 1 aromatic heterocycles. The molecule has 1 fully saturated rings. The number of carbonyl (C=O) groups is 2. The number of carbonyl (C=O) groups excluding carboxylic acids is 1. The second kappa shape index (κ2) is 5.58. The van der Waals surface area contributed by atoms with Gasteiger partial charge in [0, 0.05) is 6.20 Å². The van der Waals surface area contributed by atoms with Gasteiger partial charge in [-0.2, -0.15) is 0 Å². The van der Waals surface area contributed by atoms with Crippen LogP contribution in [0.3, 0.4) is 0 Å². The van der Waals surface area contributed by atoms with Gasteiger partial charge in [-0.1, -0.05) is 6.42 Å². The highest BCUT2D eigenvalue weighted by molar-refractivity contribution is 7.92. The predicted octanol–water partition coefficient (Wildman–Crippen LogP) is 0.686. The van der Waals surface area contributed by atoms with Crippen molar-refractivity contribution in [1.29, 1.82) is 0 Å². The van der Waals surface area contributed by atoms with Crippen LogP contribution < -0.4 is 5.32 Å². The number of nitrogens with zero attached hydrogens (tertiary/aromatic N) is 1. The van der Waals surface area contributed by atoms with E-state index >= 15 is 0 Å². The molecular formula is C12H14N2O5S. The first-order chi connectivity index (χ1) is 9.40. The fourth-order valence-corrected chi connectivity index (χ4v) is 3.85. The van der Waals surface area contributed by atoms with E-state index in [1.165, 1.54) is 12.1 Å². The van der Waals surface area contributed by atoms with Crippen molar-refractivity contribution >= 4 is 27.5 Å². The van der Waals surface area contributed by atoms with Gasteiger partial charge in [-0.25, -0.2) is 18.2 Å². The van der Waals surface area contributed by atoms with Gasteiger partial charge in [-0.15, -0.1) is 0 Å². The molecule has 7 nitrogen and oxygen atoms in total. The minimum Gasteiger partial charge on any atom is -0.478 e. The van der Waals surface area contributed by atoms with Crippen molar-refractivity contribution < 1.29 is 23.1 Å². The molecule has 8 heteroatoms. The number of pyridine rings is 1. The highest BCUT2D eigenvalue weighted by Gasteiger charge is 2.34. The van der Waals surface area contributed by atoms with Crippen LogP contribution >= 0.6 is 0 Å². The van der Waals surface area contributed by atoms with Gasteiger partial charge in [-0.3, -0.25) is 4.79 Å². The largest absolute Gasteiger partial charge is 0.478 e. The Balaban J connectivity index is 2.09. The molecule has 2 N–H and O–H groups in total. The van der Waals surface area contributed by atoms with Crippen LogP contribution in [0.4, 0.5) is 5.82 Å². The Labute approximate surface area is 115 Å². The van der Waals surface area contributed by atoms with Crippen LogP contribution in [-0.4, -0.2) is 41.4 Å². The van der Waals surface area contributed by atoms with Crippen LogP contribution in [-0.2, 0) is 14.6 Å². The number of rotatable bonds is 3. The number of anilines is 1. The molecule has 0 radical (unpaired) electrons. The second-order valence-corrected chi connectivity index (χ2v) is 6.88. The molecule has 0 aliphatic carbocycles. The maximum Gasteiger partial charge on any atom is 0.337 e. The quantitative estimate of drug-likeness (QED) is 0.848. The molecule has 0 saturated carbocycles. The molecule has 0 aromatic carbocycles. The first kappa shape index (κ1) is 14.4. The summed E-state index contributed by atoms with van der Waals surface area (Å²) < 4.78 is 23.6. The van der Waals surface area contributed by atoms with Crippen LogP contribution in [0.5, 0.6) is 0 Å². The molecule has 2 rings (SSSR count). The zero-order chi connectivity index (χ0) is 14.8. The first-order valence-electron chi connectivity index (χ1n) is 6.12. The van der Waals surface area contributed by atoms with E-state index in [1.807, 2.05) is 0 Å². The Hall–Kier alpha value is -1.96. The molecular weight excluding hydrogens is 284 g/mol. The summed E-state index contributed by atoms with van der Waals surface area (Å²) in [5.41, 5.74) is -0.00622. The number of carboxylic acids is 1. The standard InChI is InChI=1S/C12H14N2O5S/c15-11(9-3-1-2-6-20(9,18)19)14-10-5-4-8(7-13-10)12(16)17/h4-5,7,9H,1-3,6H2,(H,16,17)(H,13,14,15). The molecule has 0 bridgehead atoms. The lowest BCUT2D eigenvalue weighted by Crippen LogP contribution is -2.39. The lowest BCUT2D eigenvalue weighted by molar-refractivity contribution is -0.116. The summed E-state index contributed by atoms with van der Waals surface area (Å²) in [5, 5.41) is 10.1. The summed E-state index contributed by atoms with van der Waals surface area (Å²) in [4.78, 5) is 26.4. The summed E-state index contributed by atoms with van der Waals surface area (Å²) >= 11 is 0. The Morgan fingerprint density at radius 1 is 1.30 bits per heavy atom. The Morgan fingerprint density at radius 2 is 2.05 bits per heavy atom. The van der Waals surface area contributed by atoms with Gasteiger partial charge in [0.25, 0.3) is 0 Å². The highest BCUT2D eigenvalue weighted by Crippen LogP contribution is 2.20. The van der Waals surface area contributed by atoms with Gasteiger partial charge >= 0.3 is 5.97 Å². The fraction of sp³-hybridized carbons (Fsp3) is 0.417. The lowest BCUT2D eigenvalue weighted by Gasteiger charge is -2.21. The van der Waals surface area contributed by atoms with Crippen molar-refractivity contribution in [3.63, 3.8) is 0 Å². The van der Waals surface area contributed by atoms with Crippen molar-refractivity contribution in [1.82, 2.24) is 4.98 Å². The average Bonchev–Trinajstić information content (AvgIpc) is 2.38. The van der Waals surface area contributed by atoms with E-state index in [2.05, 4.69) is 10.3 Å². The van der Waals surface area contributed by atoms with E-state index < -0.39 is 27.0 Å². The molecule has 1 atom stereocenters. The van der Waals surface area contributed by atoms with E-state index in [0.29, 0.717) is 19.3 Å². The Morgan fingerprint density at radius 3 is 2.60 bits per heavy atom. The van der Waals surface area contributed by atoms with Crippen molar-refractivity contribution in [2.24, 2.45) is 0 Å². The van der Waals surface area contributed by atoms with Gasteiger partial charge in [0.1, 0.15) is 11.1 Å². The zero-order valence-corrected chi connectivity index (χ0v) is 11.4. The molecule has 20 heavy (non-hydrogen) atoms. The van der Waals surface area contributed by atoms with E-state index in [4.69, 9.17) is 5.11 Å². The lowest BCUT2D eigenvalue weighted by atomic mass is 10.2. The molecule has 1 aliphatic heterocycles. The van der Waals surface area contributed by atoms with Gasteiger partial charge in [-0.05, 0) is 25.0 Å². The molecule has 1 aromatic rings. The number of aromatic nitrogens is 1. The Kier molecular flexibility index (Phi) is 4.03. The van der Waals surface area contributed by atoms with Crippen molar-refractivity contribution in [3.8, 4) is 0 Å². The Bertz CT molecular complexity index is 624. The zero-order valence-electron chi connectivity index (χ0n) is 10.6. The number of amides is 1. The van der Waals surface area contributed by atoms with Gasteiger partial charge in [0.15, 0.2) is 9.84 Å². The van der Waals surface area contributed by atoms with Crippen LogP contribution in [0.1, 0.15) is 29.6 Å². The number of aromatic carboxylic acids is 1. The smallest absolute Gasteiger partial charge is 0.337 e. The van der Waals surface area contributed by atoms with Crippen molar-refractivity contribution in [3.05, 3.63) is 23.9 Å². The fourth-order valence-electron chi connectivity index (χ4n) is 2.05. The summed E-state index contributed by atoms with van der Waals surface area (Å²) in [5.74, 6) is -1.57. The third-order valence-electron chi connectivity index (χ3n) is 3.13. The number of nitrogens with one attached hydrogen (secondary N) is 1. The summed E-state index contributed by atoms with van der Waals surface area (Å²) in [7, 11) is -3.40. The molecule has 1 saturated heterocycles. The third-order valence-corrected chi connectivity index (χ3v) is 5.31. The van der Waals surface area contributed by atoms with Crippen LogP contribution in [0.25, 0.3) is 0 Å². The SMILES string of the molecule is O=C(O)c1ccc(NC(=O)C2CCCCS2(=O)=O)nc1. The first-order valence-corrected chi connectivity index (χ1v) is 7.83. The molecule has 1 amide bonds. The second-order valence-electron chi connectivity index (χ2n) is 4.58. The molecule has 1 aliphatic rings. The predicted molar refractivity (Wildman–Crippen MR) is 71.3 cm³/mol. The number of carboxylic acid groups (broad SMARTS) is 1. The summed E-state index contributed by atoms with van der Waals surface area (Å²) in [6, 6.07) is 2.62. The minimum atomic E-state index is -3.40. The van der Waals surface area contributed by atoms with Crippen molar-refractivity contribution in [2.45, 2.75) is 24.5 Å². The van der Waals surface area contributed by atoms with Gasteiger partial charge < -0.3 is 10.4 Å². The monoisotopic (exact) mass is 298 g/mol. The maximum absolute atomic E-state index is 12.0. The van der Waals surface area contributed by atoms with Crippen LogP contribution in [0.2, 0.25) is 0 Å². The van der Waals surface area contributed by atoms with E-state index in [1.54, 1.807) is 0 Å². The van der Waals surface area contributed by atoms with Crippen LogP contribution in [0, 0.1) is 0 Å². The topological polar surface area (TPSA) is 113 Å². The normalized spacial score (nSPS) is 21.1. The minimum absolute atomic E-state index is 0.00622. The molecule has 2 heterocycles. The molecule has 1 unspecified atom stereocenters. The van der Waals surface area contributed by atoms with E-state index in [-0.39, 0.29) is 17.1 Å². The maximum atomic E-state index is 12.0. The number of hydrogen-bond donors (Lipinski definition) is 2. The van der Waals surface area contributed by atoms with Crippen LogP contribution in [0.15, 0.2) is 18.3 Å². The average molecular weight is 298 g/mol. The van der Waals surface area contributed by atoms with Crippen molar-refractivity contribution in [2.75, 3.05) is 11.1 Å². The molecule has 0 spiro atoms. The highest BCUT2D eigenvalue weighted by atomic mass is 32.2. The van der Waals surface area contributed by atoms with Gasteiger partial charge in [0.2, 0.25) is 5.91 Å². The van der Waals surface area contributed by atoms with Gasteiger partial charge in [0.05, 0.1) is 11.3 Å². The summed E-state index contributed by atoms with van der Waals surface area (Å²) in [6.07, 6.45) is 2.69.